The van der Waals surface area contributed by atoms with E-state index in [-0.39, 0.29) is 0 Å². The number of nitrogens with one attached hydrogen (secondary N) is 1. The molecule has 2 heterocycles. The molecule has 0 bridgehead atoms. The molecule has 1 aromatic carbocycles. The Morgan fingerprint density at radius 1 is 1.17 bits per heavy atom. The van der Waals surface area contributed by atoms with Crippen molar-refractivity contribution in [3.05, 3.63) is 29.8 Å². The highest BCUT2D eigenvalue weighted by Gasteiger charge is 2.57. The fourth-order valence-electron chi connectivity index (χ4n) is 2.64. The number of amides is 2. The van der Waals surface area contributed by atoms with E-state index < -0.39 is 23.2 Å². The second-order valence-corrected chi connectivity index (χ2v) is 5.21. The molecule has 0 saturated carbocycles. The lowest BCUT2D eigenvalue weighted by Crippen LogP contribution is -2.48. The van der Waals surface area contributed by atoms with Crippen molar-refractivity contribution in [2.24, 2.45) is 0 Å². The first-order valence-electron chi connectivity index (χ1n) is 5.76. The summed E-state index contributed by atoms with van der Waals surface area (Å²) in [6.45, 7) is 3.73. The molecule has 1 N–H and O–H groups in total. The van der Waals surface area contributed by atoms with Crippen molar-refractivity contribution in [1.29, 1.82) is 0 Å². The lowest BCUT2D eigenvalue weighted by atomic mass is 9.80. The number of hydrogen-bond donors (Lipinski definition) is 1. The van der Waals surface area contributed by atoms with Gasteiger partial charge in [-0.1, -0.05) is 18.2 Å². The molecule has 94 valence electrons. The monoisotopic (exact) mass is 247 g/mol. The van der Waals surface area contributed by atoms with Gasteiger partial charge < -0.3 is 9.47 Å². The zero-order valence-corrected chi connectivity index (χ0v) is 10.1. The fourth-order valence-corrected chi connectivity index (χ4v) is 2.64. The van der Waals surface area contributed by atoms with Crippen LogP contribution in [0.1, 0.15) is 25.8 Å². The molecule has 2 aliphatic heterocycles. The first-order chi connectivity index (χ1) is 8.43. The van der Waals surface area contributed by atoms with E-state index in [1.807, 2.05) is 19.9 Å². The minimum Gasteiger partial charge on any atom is -0.487 e. The van der Waals surface area contributed by atoms with Gasteiger partial charge in [0.2, 0.25) is 5.60 Å². The van der Waals surface area contributed by atoms with Gasteiger partial charge in [0.05, 0.1) is 0 Å². The molecule has 2 aliphatic rings. The highest BCUT2D eigenvalue weighted by Crippen LogP contribution is 2.47. The van der Waals surface area contributed by atoms with E-state index in [0.29, 0.717) is 17.7 Å². The first-order valence-corrected chi connectivity index (χ1v) is 5.76. The van der Waals surface area contributed by atoms with Crippen LogP contribution < -0.4 is 10.1 Å². The van der Waals surface area contributed by atoms with Gasteiger partial charge in [-0.15, -0.1) is 0 Å². The molecule has 1 unspecified atom stereocenters. The van der Waals surface area contributed by atoms with Crippen molar-refractivity contribution in [3.63, 3.8) is 0 Å². The summed E-state index contributed by atoms with van der Waals surface area (Å²) in [6.07, 6.45) is -0.401. The van der Waals surface area contributed by atoms with Gasteiger partial charge in [0.1, 0.15) is 11.4 Å². The molecule has 5 nitrogen and oxygen atoms in total. The number of carbonyl (C=O) groups is 2. The standard InChI is InChI=1S/C13H13NO4/c1-12(2)7-13(10(15)14-11(16)18-13)8-5-3-4-6-9(8)17-12/h3-6H,7H2,1-2H3,(H,14,15,16). The van der Waals surface area contributed by atoms with Gasteiger partial charge in [0.25, 0.3) is 5.91 Å². The van der Waals surface area contributed by atoms with Crippen molar-refractivity contribution in [3.8, 4) is 5.75 Å². The van der Waals surface area contributed by atoms with E-state index in [2.05, 4.69) is 5.32 Å². The van der Waals surface area contributed by atoms with Crippen molar-refractivity contribution in [2.45, 2.75) is 31.5 Å². The van der Waals surface area contributed by atoms with Crippen molar-refractivity contribution < 1.29 is 19.1 Å². The third kappa shape index (κ3) is 1.40. The van der Waals surface area contributed by atoms with Gasteiger partial charge >= 0.3 is 6.09 Å². The third-order valence-electron chi connectivity index (χ3n) is 3.23. The van der Waals surface area contributed by atoms with Crippen molar-refractivity contribution in [1.82, 2.24) is 5.32 Å². The summed E-state index contributed by atoms with van der Waals surface area (Å²) in [4.78, 5) is 23.5. The van der Waals surface area contributed by atoms with Crippen LogP contribution in [-0.4, -0.2) is 17.6 Å². The zero-order chi connectivity index (χ0) is 13.0. The van der Waals surface area contributed by atoms with Gasteiger partial charge in [0, 0.05) is 12.0 Å². The van der Waals surface area contributed by atoms with Gasteiger partial charge in [0.15, 0.2) is 0 Å². The molecular formula is C13H13NO4. The number of fused-ring (bicyclic) bond motifs is 2. The summed E-state index contributed by atoms with van der Waals surface area (Å²) in [5.74, 6) is 0.162. The van der Waals surface area contributed by atoms with E-state index in [0.717, 1.165) is 0 Å². The summed E-state index contributed by atoms with van der Waals surface area (Å²) in [5.41, 5.74) is -1.22. The first kappa shape index (κ1) is 11.1. The van der Waals surface area contributed by atoms with E-state index in [1.165, 1.54) is 0 Å². The Morgan fingerprint density at radius 3 is 2.56 bits per heavy atom. The maximum atomic E-state index is 12.1. The second kappa shape index (κ2) is 3.25. The topological polar surface area (TPSA) is 64.6 Å². The Balaban J connectivity index is 2.21. The number of imide groups is 1. The van der Waals surface area contributed by atoms with Crippen LogP contribution in [0.5, 0.6) is 5.75 Å². The van der Waals surface area contributed by atoms with Gasteiger partial charge in [-0.05, 0) is 19.9 Å². The maximum absolute atomic E-state index is 12.1. The number of hydrogen-bond acceptors (Lipinski definition) is 4. The van der Waals surface area contributed by atoms with Crippen LogP contribution in [0.15, 0.2) is 24.3 Å². The van der Waals surface area contributed by atoms with E-state index in [9.17, 15) is 9.59 Å². The summed E-state index contributed by atoms with van der Waals surface area (Å²) < 4.78 is 11.1. The Morgan fingerprint density at radius 2 is 1.89 bits per heavy atom. The van der Waals surface area contributed by atoms with Gasteiger partial charge in [-0.2, -0.15) is 0 Å². The fraction of sp³-hybridized carbons (Fsp3) is 0.385. The van der Waals surface area contributed by atoms with E-state index >= 15 is 0 Å². The molecule has 1 spiro atoms. The molecule has 0 aromatic heterocycles. The number of carbonyl (C=O) groups excluding carboxylic acids is 2. The number of para-hydroxylation sites is 1. The molecule has 1 atom stereocenters. The molecule has 1 aromatic rings. The van der Waals surface area contributed by atoms with Crippen LogP contribution >= 0.6 is 0 Å². The lowest BCUT2D eigenvalue weighted by molar-refractivity contribution is -0.139. The summed E-state index contributed by atoms with van der Waals surface area (Å²) in [5, 5.41) is 2.20. The smallest absolute Gasteiger partial charge is 0.415 e. The number of ether oxygens (including phenoxy) is 2. The molecule has 3 rings (SSSR count). The molecular weight excluding hydrogens is 234 g/mol. The normalized spacial score (nSPS) is 28.3. The molecule has 0 aliphatic carbocycles. The van der Waals surface area contributed by atoms with Crippen molar-refractivity contribution >= 4 is 12.0 Å². The Hall–Kier alpha value is -2.04. The molecule has 2 amide bonds. The molecule has 18 heavy (non-hydrogen) atoms. The lowest BCUT2D eigenvalue weighted by Gasteiger charge is -2.40. The minimum absolute atomic E-state index is 0.300. The minimum atomic E-state index is -1.25. The second-order valence-electron chi connectivity index (χ2n) is 5.21. The molecule has 5 heteroatoms. The summed E-state index contributed by atoms with van der Waals surface area (Å²) in [7, 11) is 0. The largest absolute Gasteiger partial charge is 0.487 e. The van der Waals surface area contributed by atoms with Crippen LogP contribution in [0, 0.1) is 0 Å². The quantitative estimate of drug-likeness (QED) is 0.758. The Labute approximate surface area is 104 Å². The zero-order valence-electron chi connectivity index (χ0n) is 10.1. The highest BCUT2D eigenvalue weighted by atomic mass is 16.6. The Kier molecular flexibility index (Phi) is 2.00. The number of rotatable bonds is 0. The summed E-state index contributed by atoms with van der Waals surface area (Å²) >= 11 is 0. The maximum Gasteiger partial charge on any atom is 0.415 e. The molecule has 1 saturated heterocycles. The van der Waals surface area contributed by atoms with E-state index in [1.54, 1.807) is 18.2 Å². The van der Waals surface area contributed by atoms with Crippen LogP contribution in [0.3, 0.4) is 0 Å². The highest BCUT2D eigenvalue weighted by molar-refractivity contribution is 6.04. The molecule has 1 fully saturated rings. The SMILES string of the molecule is CC1(C)CC2(OC(=O)NC2=O)c2ccccc2O1. The Bertz CT molecular complexity index is 552. The van der Waals surface area contributed by atoms with E-state index in [4.69, 9.17) is 9.47 Å². The van der Waals surface area contributed by atoms with Crippen LogP contribution in [0.4, 0.5) is 4.79 Å². The summed E-state index contributed by atoms with van der Waals surface area (Å²) in [6, 6.07) is 7.14. The molecule has 0 radical (unpaired) electrons. The van der Waals surface area contributed by atoms with Crippen molar-refractivity contribution in [2.75, 3.05) is 0 Å². The third-order valence-corrected chi connectivity index (χ3v) is 3.23. The van der Waals surface area contributed by atoms with Crippen LogP contribution in [0.25, 0.3) is 0 Å². The van der Waals surface area contributed by atoms with Gasteiger partial charge in [-0.3, -0.25) is 10.1 Å². The van der Waals surface area contributed by atoms with Gasteiger partial charge in [-0.25, -0.2) is 4.79 Å². The number of benzene rings is 1. The van der Waals surface area contributed by atoms with Crippen LogP contribution in [0.2, 0.25) is 0 Å². The number of alkyl carbamates (subject to hydrolysis) is 1. The predicted octanol–water partition coefficient (Wildman–Crippen LogP) is 1.71. The van der Waals surface area contributed by atoms with Crippen LogP contribution in [-0.2, 0) is 15.1 Å². The average Bonchev–Trinajstić information content (AvgIpc) is 2.52. The predicted molar refractivity (Wildman–Crippen MR) is 62.1 cm³/mol. The average molecular weight is 247 g/mol.